The predicted octanol–water partition coefficient (Wildman–Crippen LogP) is 4.01. The Kier molecular flexibility index (Phi) is 5.54. The number of benzene rings is 1. The van der Waals surface area contributed by atoms with Crippen molar-refractivity contribution < 1.29 is 13.9 Å². The number of nitrogens with zero attached hydrogens (tertiary/aromatic N) is 3. The van der Waals surface area contributed by atoms with Gasteiger partial charge in [0.15, 0.2) is 5.69 Å². The highest BCUT2D eigenvalue weighted by Crippen LogP contribution is 2.22. The van der Waals surface area contributed by atoms with Crippen molar-refractivity contribution in [3.8, 4) is 5.75 Å². The van der Waals surface area contributed by atoms with Crippen molar-refractivity contribution in [2.45, 2.75) is 20.4 Å². The van der Waals surface area contributed by atoms with Gasteiger partial charge in [-0.15, -0.1) is 6.58 Å². The molecule has 1 amide bonds. The molecule has 3 aromatic rings. The van der Waals surface area contributed by atoms with Gasteiger partial charge in [-0.25, -0.2) is 4.98 Å². The van der Waals surface area contributed by atoms with Gasteiger partial charge >= 0.3 is 0 Å². The average Bonchev–Trinajstić information content (AvgIpc) is 3.01. The number of rotatable bonds is 7. The number of ether oxygens (including phenoxy) is 1. The number of hydrogen-bond acceptors (Lipinski definition) is 3. The first-order valence-electron chi connectivity index (χ1n) is 8.80. The molecule has 6 heteroatoms. The zero-order valence-electron chi connectivity index (χ0n) is 15.5. The predicted molar refractivity (Wildman–Crippen MR) is 102 cm³/mol. The summed E-state index contributed by atoms with van der Waals surface area (Å²) in [7, 11) is 0. The van der Waals surface area contributed by atoms with Crippen LogP contribution < -0.4 is 4.74 Å². The molecule has 5 nitrogen and oxygen atoms in total. The van der Waals surface area contributed by atoms with E-state index in [1.807, 2.05) is 44.2 Å². The maximum absolute atomic E-state index is 14.8. The Morgan fingerprint density at radius 1 is 1.33 bits per heavy atom. The molecule has 0 spiro atoms. The largest absolute Gasteiger partial charge is 0.494 e. The van der Waals surface area contributed by atoms with Gasteiger partial charge in [-0.2, -0.15) is 4.39 Å². The maximum atomic E-state index is 14.8. The lowest BCUT2D eigenvalue weighted by molar-refractivity contribution is 0.0751. The van der Waals surface area contributed by atoms with Crippen LogP contribution in [0.15, 0.2) is 55.3 Å². The van der Waals surface area contributed by atoms with Gasteiger partial charge in [-0.3, -0.25) is 9.20 Å². The molecule has 140 valence electrons. The lowest BCUT2D eigenvalue weighted by Gasteiger charge is -2.21. The van der Waals surface area contributed by atoms with Crippen LogP contribution in [0.5, 0.6) is 5.75 Å². The van der Waals surface area contributed by atoms with Gasteiger partial charge < -0.3 is 9.64 Å². The van der Waals surface area contributed by atoms with Crippen LogP contribution in [-0.2, 0) is 6.54 Å². The minimum Gasteiger partial charge on any atom is -0.494 e. The average molecular weight is 367 g/mol. The fraction of sp³-hybridized carbons (Fsp3) is 0.238. The molecular formula is C21H22FN3O2. The number of para-hydroxylation sites is 1. The Morgan fingerprint density at radius 3 is 2.81 bits per heavy atom. The third kappa shape index (κ3) is 3.69. The molecule has 0 bridgehead atoms. The molecule has 0 aliphatic heterocycles. The normalized spacial score (nSPS) is 10.8. The van der Waals surface area contributed by atoms with Gasteiger partial charge in [0.2, 0.25) is 5.95 Å². The molecule has 0 fully saturated rings. The highest BCUT2D eigenvalue weighted by atomic mass is 19.1. The van der Waals surface area contributed by atoms with Gasteiger partial charge in [0, 0.05) is 18.3 Å². The number of imidazole rings is 1. The molecule has 3 rings (SSSR count). The van der Waals surface area contributed by atoms with Crippen LogP contribution in [0.3, 0.4) is 0 Å². The van der Waals surface area contributed by atoms with Crippen LogP contribution in [0.2, 0.25) is 0 Å². The minimum atomic E-state index is -0.661. The standard InChI is InChI=1S/C21H22FN3O2/c1-4-12-24(14-16-10-6-7-11-17(16)27-5-2)21(26)18-19(22)25-13-8-9-15(3)20(25)23-18/h4,6-11,13H,1,5,12,14H2,2-3H3. The van der Waals surface area contributed by atoms with Crippen molar-refractivity contribution >= 4 is 11.6 Å². The number of hydrogen-bond donors (Lipinski definition) is 0. The fourth-order valence-corrected chi connectivity index (χ4v) is 2.97. The fourth-order valence-electron chi connectivity index (χ4n) is 2.97. The summed E-state index contributed by atoms with van der Waals surface area (Å²) in [5.41, 5.74) is 1.88. The summed E-state index contributed by atoms with van der Waals surface area (Å²) in [5, 5.41) is 0. The summed E-state index contributed by atoms with van der Waals surface area (Å²) in [5.74, 6) is -0.444. The number of fused-ring (bicyclic) bond motifs is 1. The lowest BCUT2D eigenvalue weighted by atomic mass is 10.1. The molecule has 2 heterocycles. The monoisotopic (exact) mass is 367 g/mol. The van der Waals surface area contributed by atoms with E-state index < -0.39 is 11.9 Å². The molecule has 0 N–H and O–H groups in total. The lowest BCUT2D eigenvalue weighted by Crippen LogP contribution is -2.31. The van der Waals surface area contributed by atoms with Crippen LogP contribution >= 0.6 is 0 Å². The first-order valence-corrected chi connectivity index (χ1v) is 8.80. The van der Waals surface area contributed by atoms with Crippen molar-refractivity contribution in [3.63, 3.8) is 0 Å². The molecule has 0 saturated heterocycles. The third-order valence-electron chi connectivity index (χ3n) is 4.26. The van der Waals surface area contributed by atoms with E-state index in [1.54, 1.807) is 18.3 Å². The van der Waals surface area contributed by atoms with E-state index in [2.05, 4.69) is 11.6 Å². The number of carbonyl (C=O) groups is 1. The van der Waals surface area contributed by atoms with Crippen molar-refractivity contribution in [2.24, 2.45) is 0 Å². The van der Waals surface area contributed by atoms with Crippen molar-refractivity contribution in [1.82, 2.24) is 14.3 Å². The molecule has 0 aliphatic rings. The molecule has 0 saturated carbocycles. The molecule has 0 atom stereocenters. The second-order valence-electron chi connectivity index (χ2n) is 6.15. The Hall–Kier alpha value is -3.15. The van der Waals surface area contributed by atoms with E-state index in [4.69, 9.17) is 4.74 Å². The van der Waals surface area contributed by atoms with E-state index in [1.165, 1.54) is 9.30 Å². The molecule has 0 radical (unpaired) electrons. The Balaban J connectivity index is 1.96. The topological polar surface area (TPSA) is 46.8 Å². The zero-order valence-corrected chi connectivity index (χ0v) is 15.5. The van der Waals surface area contributed by atoms with E-state index in [-0.39, 0.29) is 18.8 Å². The van der Waals surface area contributed by atoms with Crippen LogP contribution in [-0.4, -0.2) is 33.3 Å². The summed E-state index contributed by atoms with van der Waals surface area (Å²) in [6, 6.07) is 11.0. The number of pyridine rings is 1. The summed E-state index contributed by atoms with van der Waals surface area (Å²) >= 11 is 0. The van der Waals surface area contributed by atoms with E-state index in [9.17, 15) is 9.18 Å². The van der Waals surface area contributed by atoms with Crippen molar-refractivity contribution in [1.29, 1.82) is 0 Å². The quantitative estimate of drug-likeness (QED) is 0.593. The molecule has 2 aromatic heterocycles. The first kappa shape index (κ1) is 18.6. The first-order chi connectivity index (χ1) is 13.1. The molecular weight excluding hydrogens is 345 g/mol. The van der Waals surface area contributed by atoms with Gasteiger partial charge in [0.1, 0.15) is 11.4 Å². The smallest absolute Gasteiger partial charge is 0.277 e. The summed E-state index contributed by atoms with van der Waals surface area (Å²) in [6.45, 7) is 8.50. The summed E-state index contributed by atoms with van der Waals surface area (Å²) in [4.78, 5) is 18.8. The second kappa shape index (κ2) is 8.03. The zero-order chi connectivity index (χ0) is 19.4. The summed E-state index contributed by atoms with van der Waals surface area (Å²) in [6.07, 6.45) is 3.17. The molecule has 0 unspecified atom stereocenters. The van der Waals surface area contributed by atoms with E-state index >= 15 is 0 Å². The highest BCUT2D eigenvalue weighted by Gasteiger charge is 2.25. The van der Waals surface area contributed by atoms with Gasteiger partial charge in [0.25, 0.3) is 5.91 Å². The number of carbonyl (C=O) groups excluding carboxylic acids is 1. The van der Waals surface area contributed by atoms with Crippen LogP contribution in [0, 0.1) is 12.9 Å². The van der Waals surface area contributed by atoms with Crippen LogP contribution in [0.1, 0.15) is 28.5 Å². The van der Waals surface area contributed by atoms with E-state index in [0.717, 1.165) is 11.1 Å². The molecule has 1 aromatic carbocycles. The Labute approximate surface area is 157 Å². The summed E-state index contributed by atoms with van der Waals surface area (Å²) < 4.78 is 21.7. The van der Waals surface area contributed by atoms with Gasteiger partial charge in [-0.1, -0.05) is 30.3 Å². The van der Waals surface area contributed by atoms with Gasteiger partial charge in [0.05, 0.1) is 13.2 Å². The van der Waals surface area contributed by atoms with Crippen LogP contribution in [0.4, 0.5) is 4.39 Å². The SMILES string of the molecule is C=CCN(Cc1ccccc1OCC)C(=O)c1nc2c(C)cccn2c1F. The molecule has 27 heavy (non-hydrogen) atoms. The van der Waals surface area contributed by atoms with Crippen molar-refractivity contribution in [2.75, 3.05) is 13.2 Å². The minimum absolute atomic E-state index is 0.194. The number of amides is 1. The molecule has 0 aliphatic carbocycles. The van der Waals surface area contributed by atoms with Gasteiger partial charge in [-0.05, 0) is 31.5 Å². The number of halogens is 1. The highest BCUT2D eigenvalue weighted by molar-refractivity contribution is 5.93. The van der Waals surface area contributed by atoms with E-state index in [0.29, 0.717) is 18.0 Å². The maximum Gasteiger partial charge on any atom is 0.277 e. The Morgan fingerprint density at radius 2 is 2.11 bits per heavy atom. The number of aromatic nitrogens is 2. The van der Waals surface area contributed by atoms with Crippen molar-refractivity contribution in [3.05, 3.63) is 78.0 Å². The number of aryl methyl sites for hydroxylation is 1. The van der Waals surface area contributed by atoms with Crippen LogP contribution in [0.25, 0.3) is 5.65 Å². The third-order valence-corrected chi connectivity index (χ3v) is 4.26. The second-order valence-corrected chi connectivity index (χ2v) is 6.15. The Bertz CT molecular complexity index is 981.